The Labute approximate surface area is 264 Å². The van der Waals surface area contributed by atoms with E-state index in [0.717, 1.165) is 0 Å². The summed E-state index contributed by atoms with van der Waals surface area (Å²) < 4.78 is 23.0. The van der Waals surface area contributed by atoms with Crippen molar-refractivity contribution in [1.82, 2.24) is 4.90 Å². The number of aromatic hydroxyl groups is 2. The number of morpholine rings is 1. The number of benzene rings is 2. The zero-order valence-electron chi connectivity index (χ0n) is 24.7. The Hall–Kier alpha value is -3.14. The van der Waals surface area contributed by atoms with Crippen LogP contribution in [-0.2, 0) is 25.4 Å². The Morgan fingerprint density at radius 2 is 1.78 bits per heavy atom. The molecular formula is C31H36ClNO12. The number of methoxy groups -OCH3 is 1. The maximum Gasteiger partial charge on any atom is 0.202 e. The summed E-state index contributed by atoms with van der Waals surface area (Å²) in [6.07, 6.45) is -4.66. The highest BCUT2D eigenvalue weighted by Crippen LogP contribution is 2.52. The number of nitrogens with zero attached hydrogens (tertiary/aromatic N) is 1. The molecule has 6 atom stereocenters. The van der Waals surface area contributed by atoms with Crippen LogP contribution in [0.25, 0.3) is 0 Å². The molecule has 2 fully saturated rings. The average molecular weight is 650 g/mol. The first-order valence-electron chi connectivity index (χ1n) is 14.5. The molecule has 2 aliphatic heterocycles. The number of phenolic OH excluding ortho intramolecular Hbond substituents is 2. The van der Waals surface area contributed by atoms with Gasteiger partial charge in [-0.25, -0.2) is 0 Å². The van der Waals surface area contributed by atoms with E-state index < -0.39 is 89.6 Å². The number of ketones is 3. The molecule has 0 bridgehead atoms. The number of hydrogen-bond donors (Lipinski definition) is 5. The van der Waals surface area contributed by atoms with Gasteiger partial charge in [0.05, 0.1) is 55.3 Å². The molecule has 0 spiro atoms. The molecule has 2 aromatic carbocycles. The number of hydrogen-bond acceptors (Lipinski definition) is 13. The van der Waals surface area contributed by atoms with Crippen LogP contribution in [-0.4, -0.2) is 118 Å². The van der Waals surface area contributed by atoms with Gasteiger partial charge >= 0.3 is 0 Å². The van der Waals surface area contributed by atoms with Crippen molar-refractivity contribution in [3.63, 3.8) is 0 Å². The topological polar surface area (TPSA) is 193 Å². The molecule has 0 unspecified atom stereocenters. The monoisotopic (exact) mass is 649 g/mol. The van der Waals surface area contributed by atoms with Crippen molar-refractivity contribution >= 4 is 29.8 Å². The number of aliphatic hydroxyl groups excluding tert-OH is 2. The van der Waals surface area contributed by atoms with Gasteiger partial charge in [0.15, 0.2) is 17.9 Å². The number of rotatable bonds is 6. The molecule has 45 heavy (non-hydrogen) atoms. The highest BCUT2D eigenvalue weighted by Gasteiger charge is 2.50. The summed E-state index contributed by atoms with van der Waals surface area (Å²) >= 11 is 0. The lowest BCUT2D eigenvalue weighted by Gasteiger charge is -2.46. The van der Waals surface area contributed by atoms with Crippen LogP contribution >= 0.6 is 12.4 Å². The number of aliphatic hydroxyl groups is 3. The van der Waals surface area contributed by atoms with E-state index >= 15 is 0 Å². The predicted octanol–water partition coefficient (Wildman–Crippen LogP) is 0.797. The second kappa shape index (κ2) is 12.6. The third-order valence-corrected chi connectivity index (χ3v) is 9.24. The van der Waals surface area contributed by atoms with Crippen molar-refractivity contribution in [3.05, 3.63) is 51.6 Å². The molecule has 2 aromatic rings. The molecule has 0 saturated carbocycles. The van der Waals surface area contributed by atoms with E-state index in [1.165, 1.54) is 25.3 Å². The molecule has 5 N–H and O–H groups in total. The Bertz CT molecular complexity index is 1520. The molecule has 2 saturated heterocycles. The van der Waals surface area contributed by atoms with Gasteiger partial charge in [-0.3, -0.25) is 19.3 Å². The largest absolute Gasteiger partial charge is 0.507 e. The summed E-state index contributed by atoms with van der Waals surface area (Å²) in [5, 5.41) is 55.2. The second-order valence-electron chi connectivity index (χ2n) is 11.7. The van der Waals surface area contributed by atoms with Gasteiger partial charge in [0.25, 0.3) is 0 Å². The van der Waals surface area contributed by atoms with Gasteiger partial charge in [0, 0.05) is 55.1 Å². The molecular weight excluding hydrogens is 614 g/mol. The Kier molecular flexibility index (Phi) is 9.28. The number of Topliss-reactive ketones (excluding diaryl/α,β-unsaturated/α-hetero) is 1. The molecule has 0 aromatic heterocycles. The van der Waals surface area contributed by atoms with Crippen molar-refractivity contribution < 1.29 is 58.9 Å². The number of carbonyl (C=O) groups is 3. The lowest BCUT2D eigenvalue weighted by atomic mass is 9.72. The summed E-state index contributed by atoms with van der Waals surface area (Å²) in [7, 11) is 1.34. The van der Waals surface area contributed by atoms with E-state index in [1.54, 1.807) is 6.92 Å². The first kappa shape index (κ1) is 33.2. The van der Waals surface area contributed by atoms with Crippen LogP contribution in [0.4, 0.5) is 0 Å². The summed E-state index contributed by atoms with van der Waals surface area (Å²) in [5.74, 6) is -3.68. The summed E-state index contributed by atoms with van der Waals surface area (Å²) in [6.45, 7) is 2.83. The van der Waals surface area contributed by atoms with Crippen LogP contribution < -0.4 is 4.74 Å². The molecule has 13 nitrogen and oxygen atoms in total. The number of carbonyl (C=O) groups excluding carboxylic acids is 3. The van der Waals surface area contributed by atoms with Crippen molar-refractivity contribution in [2.75, 3.05) is 40.0 Å². The SMILES string of the molecule is COc1cccc2c1C(=O)c1c(O)c3c(c(O)c1C2=O)C[C@@](O)(C(=O)CO)C[C@@H]3O[C@H]1C[C@H](N2CCOCC2)[C@H](O)[C@H](C)O1.Cl. The third-order valence-electron chi connectivity index (χ3n) is 9.24. The van der Waals surface area contributed by atoms with E-state index in [2.05, 4.69) is 4.90 Å². The highest BCUT2D eigenvalue weighted by molar-refractivity contribution is 6.31. The molecule has 244 valence electrons. The summed E-state index contributed by atoms with van der Waals surface area (Å²) in [5.41, 5.74) is -3.52. The molecule has 2 heterocycles. The fourth-order valence-corrected chi connectivity index (χ4v) is 6.96. The lowest BCUT2D eigenvalue weighted by molar-refractivity contribution is -0.260. The molecule has 4 aliphatic rings. The molecule has 2 aliphatic carbocycles. The van der Waals surface area contributed by atoms with Crippen molar-refractivity contribution in [2.45, 2.75) is 62.4 Å². The van der Waals surface area contributed by atoms with Crippen LogP contribution in [0, 0.1) is 0 Å². The molecule has 14 heteroatoms. The van der Waals surface area contributed by atoms with E-state index in [4.69, 9.17) is 18.9 Å². The fourth-order valence-electron chi connectivity index (χ4n) is 6.96. The maximum atomic E-state index is 13.8. The van der Waals surface area contributed by atoms with Gasteiger partial charge in [0.2, 0.25) is 5.78 Å². The number of fused-ring (bicyclic) bond motifs is 3. The number of ether oxygens (including phenoxy) is 4. The summed E-state index contributed by atoms with van der Waals surface area (Å²) in [4.78, 5) is 42.3. The molecule has 6 rings (SSSR count). The molecule has 0 amide bonds. The fraction of sp³-hybridized carbons (Fsp3) is 0.516. The number of phenols is 2. The molecule has 0 radical (unpaired) electrons. The van der Waals surface area contributed by atoms with Crippen LogP contribution in [0.3, 0.4) is 0 Å². The minimum atomic E-state index is -2.24. The van der Waals surface area contributed by atoms with E-state index in [9.17, 15) is 39.9 Å². The highest BCUT2D eigenvalue weighted by atomic mass is 35.5. The van der Waals surface area contributed by atoms with Gasteiger partial charge in [-0.2, -0.15) is 0 Å². The van der Waals surface area contributed by atoms with E-state index in [-0.39, 0.29) is 52.9 Å². The Morgan fingerprint density at radius 3 is 2.44 bits per heavy atom. The first-order valence-corrected chi connectivity index (χ1v) is 14.5. The van der Waals surface area contributed by atoms with Gasteiger partial charge < -0.3 is 44.5 Å². The van der Waals surface area contributed by atoms with E-state index in [0.29, 0.717) is 26.3 Å². The van der Waals surface area contributed by atoms with E-state index in [1.807, 2.05) is 0 Å². The summed E-state index contributed by atoms with van der Waals surface area (Å²) in [6, 6.07) is 4.04. The van der Waals surface area contributed by atoms with Crippen LogP contribution in [0.1, 0.15) is 68.8 Å². The Balaban J connectivity index is 0.00000400. The quantitative estimate of drug-likeness (QED) is 0.236. The van der Waals surface area contributed by atoms with Gasteiger partial charge in [-0.15, -0.1) is 12.4 Å². The number of halogens is 1. The standard InChI is InChI=1S/C31H35NO12.ClH/c1-14-26(35)17(32-6-8-42-9-7-32)10-21(43-14)44-19-12-31(40,20(34)13-33)11-16-23(19)30(39)25-24(28(16)37)27(36)15-4-3-5-18(41-2)22(15)29(25)38;/h3-5,14,17,19,21,26,33,35,37,39-40H,6-13H2,1-2H3;1H/t14-,17-,19-,21-,26+,31-;/m0./s1. The van der Waals surface area contributed by atoms with Crippen molar-refractivity contribution in [1.29, 1.82) is 0 Å². The zero-order chi connectivity index (χ0) is 31.5. The van der Waals surface area contributed by atoms with Crippen LogP contribution in [0.5, 0.6) is 17.2 Å². The minimum Gasteiger partial charge on any atom is -0.507 e. The third kappa shape index (κ3) is 5.40. The maximum absolute atomic E-state index is 13.8. The lowest BCUT2D eigenvalue weighted by Crippen LogP contribution is -2.58. The average Bonchev–Trinajstić information content (AvgIpc) is 3.02. The zero-order valence-corrected chi connectivity index (χ0v) is 25.5. The van der Waals surface area contributed by atoms with Crippen LogP contribution in [0.2, 0.25) is 0 Å². The smallest absolute Gasteiger partial charge is 0.202 e. The van der Waals surface area contributed by atoms with Gasteiger partial charge in [0.1, 0.15) is 29.5 Å². The van der Waals surface area contributed by atoms with Crippen molar-refractivity contribution in [3.8, 4) is 17.2 Å². The second-order valence-corrected chi connectivity index (χ2v) is 11.7. The van der Waals surface area contributed by atoms with Crippen molar-refractivity contribution in [2.24, 2.45) is 0 Å². The Morgan fingerprint density at radius 1 is 1.09 bits per heavy atom. The normalized spacial score (nSPS) is 29.7. The van der Waals surface area contributed by atoms with Gasteiger partial charge in [-0.05, 0) is 13.0 Å². The minimum absolute atomic E-state index is 0. The van der Waals surface area contributed by atoms with Crippen LogP contribution in [0.15, 0.2) is 18.2 Å². The van der Waals surface area contributed by atoms with Gasteiger partial charge in [-0.1, -0.05) is 12.1 Å². The predicted molar refractivity (Wildman–Crippen MR) is 157 cm³/mol. The first-order chi connectivity index (χ1) is 21.0.